The molecule has 0 aliphatic heterocycles. The Balaban J connectivity index is 2.71. The third-order valence-electron chi connectivity index (χ3n) is 3.40. The van der Waals surface area contributed by atoms with Crippen LogP contribution < -0.4 is 0 Å². The number of aliphatic carboxylic acids is 1. The van der Waals surface area contributed by atoms with E-state index in [9.17, 15) is 22.8 Å². The molecule has 0 aromatic heterocycles. The van der Waals surface area contributed by atoms with Crippen LogP contribution in [0.4, 0.5) is 13.2 Å². The summed E-state index contributed by atoms with van der Waals surface area (Å²) < 4.78 is 37.6. The van der Waals surface area contributed by atoms with Crippen LogP contribution >= 0.6 is 0 Å². The van der Waals surface area contributed by atoms with E-state index in [1.165, 1.54) is 0 Å². The number of nitrogens with zero attached hydrogens (tertiary/aromatic N) is 1. The molecule has 0 radical (unpaired) electrons. The normalized spacial score (nSPS) is 23.1. The Morgan fingerprint density at radius 1 is 1.25 bits per heavy atom. The van der Waals surface area contributed by atoms with Crippen molar-refractivity contribution in [1.29, 1.82) is 0 Å². The van der Waals surface area contributed by atoms with Gasteiger partial charge in [0, 0.05) is 12.5 Å². The lowest BCUT2D eigenvalue weighted by atomic mass is 10.0. The summed E-state index contributed by atoms with van der Waals surface area (Å²) in [7, 11) is 0. The van der Waals surface area contributed by atoms with Crippen molar-refractivity contribution in [3.63, 3.8) is 0 Å². The third-order valence-corrected chi connectivity index (χ3v) is 3.40. The maximum absolute atomic E-state index is 12.5. The third kappa shape index (κ3) is 5.02. The monoisotopic (exact) mass is 295 g/mol. The first-order chi connectivity index (χ1) is 9.10. The molecule has 1 rings (SSSR count). The molecule has 1 aliphatic rings. The Morgan fingerprint density at radius 2 is 1.80 bits per heavy atom. The van der Waals surface area contributed by atoms with E-state index in [1.54, 1.807) is 13.8 Å². The number of hydrogen-bond donors (Lipinski definition) is 1. The molecule has 1 saturated carbocycles. The molecule has 0 heterocycles. The lowest BCUT2D eigenvalue weighted by Crippen LogP contribution is -2.43. The lowest BCUT2D eigenvalue weighted by molar-refractivity contribution is -0.164. The van der Waals surface area contributed by atoms with Gasteiger partial charge < -0.3 is 10.0 Å². The number of halogens is 3. The minimum Gasteiger partial charge on any atom is -0.481 e. The molecular weight excluding hydrogens is 275 g/mol. The van der Waals surface area contributed by atoms with Gasteiger partial charge in [-0.3, -0.25) is 9.59 Å². The first-order valence-corrected chi connectivity index (χ1v) is 6.68. The van der Waals surface area contributed by atoms with E-state index in [1.807, 2.05) is 0 Å². The van der Waals surface area contributed by atoms with Crippen molar-refractivity contribution in [2.45, 2.75) is 39.3 Å². The van der Waals surface area contributed by atoms with Crippen LogP contribution in [0.5, 0.6) is 0 Å². The van der Waals surface area contributed by atoms with Crippen molar-refractivity contribution >= 4 is 11.9 Å². The molecule has 7 heteroatoms. The summed E-state index contributed by atoms with van der Waals surface area (Å²) in [4.78, 5) is 23.8. The van der Waals surface area contributed by atoms with Crippen LogP contribution in [0.25, 0.3) is 0 Å². The quantitative estimate of drug-likeness (QED) is 0.848. The highest BCUT2D eigenvalue weighted by molar-refractivity contribution is 5.81. The molecule has 0 saturated heterocycles. The topological polar surface area (TPSA) is 57.6 Å². The Morgan fingerprint density at radius 3 is 2.20 bits per heavy atom. The Hall–Kier alpha value is -1.27. The predicted octanol–water partition coefficient (Wildman–Crippen LogP) is 2.53. The summed E-state index contributed by atoms with van der Waals surface area (Å²) in [5, 5.41) is 8.88. The van der Waals surface area contributed by atoms with Crippen LogP contribution in [0.2, 0.25) is 0 Å². The van der Waals surface area contributed by atoms with E-state index in [2.05, 4.69) is 0 Å². The van der Waals surface area contributed by atoms with E-state index >= 15 is 0 Å². The summed E-state index contributed by atoms with van der Waals surface area (Å²) in [6, 6.07) is 0. The summed E-state index contributed by atoms with van der Waals surface area (Å²) in [6.07, 6.45) is -3.59. The van der Waals surface area contributed by atoms with Crippen molar-refractivity contribution in [2.24, 2.45) is 17.8 Å². The van der Waals surface area contributed by atoms with Crippen LogP contribution in [-0.2, 0) is 9.59 Å². The molecule has 0 aromatic carbocycles. The number of carbonyl (C=O) groups excluding carboxylic acids is 1. The minimum atomic E-state index is -4.44. The van der Waals surface area contributed by atoms with Gasteiger partial charge >= 0.3 is 12.1 Å². The van der Waals surface area contributed by atoms with Crippen molar-refractivity contribution in [3.8, 4) is 0 Å². The van der Waals surface area contributed by atoms with Gasteiger partial charge in [-0.05, 0) is 25.2 Å². The number of carbonyl (C=O) groups is 2. The molecule has 1 fully saturated rings. The molecule has 0 bridgehead atoms. The fraction of sp³-hybridized carbons (Fsp3) is 0.846. The van der Waals surface area contributed by atoms with E-state index in [4.69, 9.17) is 5.11 Å². The summed E-state index contributed by atoms with van der Waals surface area (Å²) in [5.74, 6) is -2.84. The van der Waals surface area contributed by atoms with Crippen molar-refractivity contribution < 1.29 is 27.9 Å². The molecule has 0 spiro atoms. The van der Waals surface area contributed by atoms with Crippen molar-refractivity contribution in [3.05, 3.63) is 0 Å². The SMILES string of the molecule is CC(C)CN(CC(F)(F)F)C(=O)C1CCC(C(=O)O)C1. The van der Waals surface area contributed by atoms with Gasteiger partial charge in [-0.25, -0.2) is 0 Å². The number of carboxylic acid groups (broad SMARTS) is 1. The Bertz CT molecular complexity index is 368. The standard InChI is InChI=1S/C13H20F3NO3/c1-8(2)6-17(7-13(14,15)16)11(18)9-3-4-10(5-9)12(19)20/h8-10H,3-7H2,1-2H3,(H,19,20). The fourth-order valence-corrected chi connectivity index (χ4v) is 2.58. The van der Waals surface area contributed by atoms with Crippen molar-refractivity contribution in [2.75, 3.05) is 13.1 Å². The molecular formula is C13H20F3NO3. The maximum atomic E-state index is 12.5. The zero-order valence-electron chi connectivity index (χ0n) is 11.6. The average Bonchev–Trinajstić information content (AvgIpc) is 2.73. The van der Waals surface area contributed by atoms with E-state index in [0.717, 1.165) is 4.90 Å². The number of alkyl halides is 3. The van der Waals surface area contributed by atoms with Gasteiger partial charge in [0.25, 0.3) is 0 Å². The molecule has 1 aliphatic carbocycles. The molecule has 1 N–H and O–H groups in total. The molecule has 2 atom stereocenters. The largest absolute Gasteiger partial charge is 0.481 e. The summed E-state index contributed by atoms with van der Waals surface area (Å²) in [5.41, 5.74) is 0. The molecule has 2 unspecified atom stereocenters. The summed E-state index contributed by atoms with van der Waals surface area (Å²) in [6.45, 7) is 2.25. The van der Waals surface area contributed by atoms with E-state index < -0.39 is 36.4 Å². The Kier molecular flexibility index (Phi) is 5.42. The van der Waals surface area contributed by atoms with Crippen LogP contribution in [0.15, 0.2) is 0 Å². The van der Waals surface area contributed by atoms with Crippen molar-refractivity contribution in [1.82, 2.24) is 4.90 Å². The molecule has 0 aromatic rings. The molecule has 20 heavy (non-hydrogen) atoms. The number of hydrogen-bond acceptors (Lipinski definition) is 2. The molecule has 1 amide bonds. The maximum Gasteiger partial charge on any atom is 0.406 e. The molecule has 4 nitrogen and oxygen atoms in total. The van der Waals surface area contributed by atoms with Gasteiger partial charge in [0.1, 0.15) is 6.54 Å². The highest BCUT2D eigenvalue weighted by Crippen LogP contribution is 2.33. The Labute approximate surface area is 115 Å². The lowest BCUT2D eigenvalue weighted by Gasteiger charge is -2.28. The first-order valence-electron chi connectivity index (χ1n) is 6.68. The second-order valence-electron chi connectivity index (χ2n) is 5.77. The first kappa shape index (κ1) is 16.8. The number of carboxylic acids is 1. The zero-order valence-corrected chi connectivity index (χ0v) is 11.6. The van der Waals surface area contributed by atoms with Gasteiger partial charge in [-0.2, -0.15) is 13.2 Å². The smallest absolute Gasteiger partial charge is 0.406 e. The average molecular weight is 295 g/mol. The zero-order chi connectivity index (χ0) is 15.5. The summed E-state index contributed by atoms with van der Waals surface area (Å²) >= 11 is 0. The van der Waals surface area contributed by atoms with E-state index in [-0.39, 0.29) is 18.9 Å². The van der Waals surface area contributed by atoms with Crippen LogP contribution in [0.1, 0.15) is 33.1 Å². The molecule has 116 valence electrons. The van der Waals surface area contributed by atoms with Crippen LogP contribution in [-0.4, -0.2) is 41.1 Å². The number of amides is 1. The van der Waals surface area contributed by atoms with Crippen LogP contribution in [0.3, 0.4) is 0 Å². The highest BCUT2D eigenvalue weighted by atomic mass is 19.4. The van der Waals surface area contributed by atoms with Gasteiger partial charge in [0.2, 0.25) is 5.91 Å². The van der Waals surface area contributed by atoms with Gasteiger partial charge in [-0.15, -0.1) is 0 Å². The fourth-order valence-electron chi connectivity index (χ4n) is 2.58. The van der Waals surface area contributed by atoms with Gasteiger partial charge in [0.05, 0.1) is 5.92 Å². The van der Waals surface area contributed by atoms with Gasteiger partial charge in [0.15, 0.2) is 0 Å². The second kappa shape index (κ2) is 6.45. The highest BCUT2D eigenvalue weighted by Gasteiger charge is 2.39. The number of rotatable bonds is 5. The van der Waals surface area contributed by atoms with Crippen LogP contribution in [0, 0.1) is 17.8 Å². The van der Waals surface area contributed by atoms with Gasteiger partial charge in [-0.1, -0.05) is 13.8 Å². The second-order valence-corrected chi connectivity index (χ2v) is 5.77. The van der Waals surface area contributed by atoms with E-state index in [0.29, 0.717) is 12.8 Å². The minimum absolute atomic E-state index is 0.0343. The predicted molar refractivity (Wildman–Crippen MR) is 65.9 cm³/mol.